The van der Waals surface area contributed by atoms with E-state index in [1.807, 2.05) is 12.1 Å². The second-order valence-corrected chi connectivity index (χ2v) is 4.95. The molecule has 0 atom stereocenters. The van der Waals surface area contributed by atoms with Gasteiger partial charge < -0.3 is 19.5 Å². The van der Waals surface area contributed by atoms with Crippen LogP contribution >= 0.6 is 0 Å². The molecule has 0 bridgehead atoms. The molecule has 0 aliphatic heterocycles. The average molecular weight is 338 g/mol. The minimum Gasteiger partial charge on any atom is -0.493 e. The summed E-state index contributed by atoms with van der Waals surface area (Å²) in [6.45, 7) is 0. The Hall–Kier alpha value is -3.46. The zero-order valence-corrected chi connectivity index (χ0v) is 14.2. The fourth-order valence-electron chi connectivity index (χ4n) is 2.22. The first-order valence-electron chi connectivity index (χ1n) is 7.41. The molecular weight excluding hydrogens is 320 g/mol. The lowest BCUT2D eigenvalue weighted by molar-refractivity contribution is -0.112. The Morgan fingerprint density at radius 3 is 2.12 bits per heavy atom. The predicted octanol–water partition coefficient (Wildman–Crippen LogP) is 3.26. The summed E-state index contributed by atoms with van der Waals surface area (Å²) in [6.07, 6.45) is 1.46. The van der Waals surface area contributed by atoms with Gasteiger partial charge in [0.15, 0.2) is 11.5 Å². The molecular formula is C19H18N2O4. The maximum atomic E-state index is 12.3. The molecule has 0 radical (unpaired) electrons. The van der Waals surface area contributed by atoms with Crippen LogP contribution in [0.3, 0.4) is 0 Å². The van der Waals surface area contributed by atoms with Gasteiger partial charge in [0.25, 0.3) is 5.91 Å². The van der Waals surface area contributed by atoms with Crippen molar-refractivity contribution in [2.45, 2.75) is 0 Å². The standard InChI is InChI=1S/C19H18N2O4/c1-23-16-10-13(11-17(24-2)18(16)25-3)9-14(12-20)19(22)21-15-7-5-4-6-8-15/h4-11H,1-3H3,(H,21,22)/b14-9+. The monoisotopic (exact) mass is 338 g/mol. The van der Waals surface area contributed by atoms with Gasteiger partial charge in [0.1, 0.15) is 11.6 Å². The summed E-state index contributed by atoms with van der Waals surface area (Å²) >= 11 is 0. The molecule has 0 unspecified atom stereocenters. The fourth-order valence-corrected chi connectivity index (χ4v) is 2.22. The summed E-state index contributed by atoms with van der Waals surface area (Å²) in [5.41, 5.74) is 1.14. The molecule has 1 amide bonds. The molecule has 2 aromatic carbocycles. The van der Waals surface area contributed by atoms with Crippen LogP contribution in [-0.4, -0.2) is 27.2 Å². The number of methoxy groups -OCH3 is 3. The van der Waals surface area contributed by atoms with Gasteiger partial charge >= 0.3 is 0 Å². The SMILES string of the molecule is COc1cc(/C=C(\C#N)C(=O)Nc2ccccc2)cc(OC)c1OC. The van der Waals surface area contributed by atoms with Crippen molar-refractivity contribution in [3.05, 3.63) is 53.6 Å². The number of para-hydroxylation sites is 1. The molecule has 6 heteroatoms. The lowest BCUT2D eigenvalue weighted by Crippen LogP contribution is -2.13. The normalized spacial score (nSPS) is 10.6. The first kappa shape index (κ1) is 17.9. The summed E-state index contributed by atoms with van der Waals surface area (Å²) in [4.78, 5) is 12.3. The number of hydrogen-bond donors (Lipinski definition) is 1. The van der Waals surface area contributed by atoms with Crippen LogP contribution in [0.5, 0.6) is 17.2 Å². The Balaban J connectivity index is 2.36. The zero-order chi connectivity index (χ0) is 18.2. The predicted molar refractivity (Wildman–Crippen MR) is 94.8 cm³/mol. The van der Waals surface area contributed by atoms with Gasteiger partial charge in [-0.1, -0.05) is 18.2 Å². The van der Waals surface area contributed by atoms with E-state index in [0.717, 1.165) is 0 Å². The van der Waals surface area contributed by atoms with Crippen LogP contribution in [0.25, 0.3) is 6.08 Å². The van der Waals surface area contributed by atoms with Gasteiger partial charge in [-0.3, -0.25) is 4.79 Å². The molecule has 0 spiro atoms. The highest BCUT2D eigenvalue weighted by Crippen LogP contribution is 2.38. The third kappa shape index (κ3) is 4.30. The number of nitrogens with zero attached hydrogens (tertiary/aromatic N) is 1. The smallest absolute Gasteiger partial charge is 0.266 e. The van der Waals surface area contributed by atoms with Crippen LogP contribution in [0.2, 0.25) is 0 Å². The van der Waals surface area contributed by atoms with Gasteiger partial charge in [-0.15, -0.1) is 0 Å². The van der Waals surface area contributed by atoms with Crippen molar-refractivity contribution in [3.63, 3.8) is 0 Å². The van der Waals surface area contributed by atoms with Gasteiger partial charge in [0, 0.05) is 5.69 Å². The van der Waals surface area contributed by atoms with Crippen LogP contribution in [0, 0.1) is 11.3 Å². The van der Waals surface area contributed by atoms with Gasteiger partial charge in [-0.25, -0.2) is 0 Å². The van der Waals surface area contributed by atoms with Crippen LogP contribution in [0.4, 0.5) is 5.69 Å². The van der Waals surface area contributed by atoms with Gasteiger partial charge in [0.2, 0.25) is 5.75 Å². The van der Waals surface area contributed by atoms with Crippen molar-refractivity contribution in [1.82, 2.24) is 0 Å². The number of carbonyl (C=O) groups excluding carboxylic acids is 1. The first-order valence-corrected chi connectivity index (χ1v) is 7.41. The molecule has 2 rings (SSSR count). The molecule has 128 valence electrons. The topological polar surface area (TPSA) is 80.6 Å². The van der Waals surface area contributed by atoms with E-state index in [-0.39, 0.29) is 5.57 Å². The summed E-state index contributed by atoms with van der Waals surface area (Å²) in [6, 6.07) is 14.1. The quantitative estimate of drug-likeness (QED) is 0.646. The highest BCUT2D eigenvalue weighted by atomic mass is 16.5. The lowest BCUT2D eigenvalue weighted by Gasteiger charge is -2.13. The summed E-state index contributed by atoms with van der Waals surface area (Å²) < 4.78 is 15.8. The van der Waals surface area contributed by atoms with E-state index in [0.29, 0.717) is 28.5 Å². The minimum absolute atomic E-state index is 0.0434. The summed E-state index contributed by atoms with van der Waals surface area (Å²) in [7, 11) is 4.50. The number of anilines is 1. The molecule has 1 N–H and O–H groups in total. The summed E-state index contributed by atoms with van der Waals surface area (Å²) in [5.74, 6) is 0.819. The largest absolute Gasteiger partial charge is 0.493 e. The Morgan fingerprint density at radius 2 is 1.64 bits per heavy atom. The number of nitriles is 1. The molecule has 6 nitrogen and oxygen atoms in total. The van der Waals surface area contributed by atoms with Gasteiger partial charge in [-0.2, -0.15) is 5.26 Å². The van der Waals surface area contributed by atoms with E-state index in [9.17, 15) is 10.1 Å². The van der Waals surface area contributed by atoms with Crippen molar-refractivity contribution < 1.29 is 19.0 Å². The number of nitrogens with one attached hydrogen (secondary N) is 1. The van der Waals surface area contributed by atoms with Crippen LogP contribution in [-0.2, 0) is 4.79 Å². The summed E-state index contributed by atoms with van der Waals surface area (Å²) in [5, 5.41) is 12.0. The molecule has 0 fully saturated rings. The molecule has 2 aromatic rings. The number of amides is 1. The van der Waals surface area contributed by atoms with Crippen molar-refractivity contribution in [3.8, 4) is 23.3 Å². The number of ether oxygens (including phenoxy) is 3. The second-order valence-electron chi connectivity index (χ2n) is 4.95. The molecule has 0 aliphatic carbocycles. The van der Waals surface area contributed by atoms with Crippen molar-refractivity contribution in [1.29, 1.82) is 5.26 Å². The van der Waals surface area contributed by atoms with Gasteiger partial charge in [-0.05, 0) is 35.9 Å². The van der Waals surface area contributed by atoms with Crippen LogP contribution in [0.1, 0.15) is 5.56 Å². The zero-order valence-electron chi connectivity index (χ0n) is 14.2. The highest BCUT2D eigenvalue weighted by molar-refractivity contribution is 6.09. The maximum absolute atomic E-state index is 12.3. The third-order valence-corrected chi connectivity index (χ3v) is 3.39. The number of hydrogen-bond acceptors (Lipinski definition) is 5. The van der Waals surface area contributed by atoms with Crippen molar-refractivity contribution >= 4 is 17.7 Å². The highest BCUT2D eigenvalue weighted by Gasteiger charge is 2.14. The van der Waals surface area contributed by atoms with Crippen molar-refractivity contribution in [2.24, 2.45) is 0 Å². The van der Waals surface area contributed by atoms with E-state index >= 15 is 0 Å². The molecule has 0 saturated carbocycles. The van der Waals surface area contributed by atoms with Crippen LogP contribution < -0.4 is 19.5 Å². The third-order valence-electron chi connectivity index (χ3n) is 3.39. The Morgan fingerprint density at radius 1 is 1.04 bits per heavy atom. The maximum Gasteiger partial charge on any atom is 0.266 e. The lowest BCUT2D eigenvalue weighted by atomic mass is 10.1. The fraction of sp³-hybridized carbons (Fsp3) is 0.158. The number of rotatable bonds is 6. The Labute approximate surface area is 146 Å². The van der Waals surface area contributed by atoms with E-state index in [4.69, 9.17) is 14.2 Å². The minimum atomic E-state index is -0.498. The van der Waals surface area contributed by atoms with Gasteiger partial charge in [0.05, 0.1) is 21.3 Å². The average Bonchev–Trinajstić information content (AvgIpc) is 2.65. The molecule has 0 heterocycles. The first-order chi connectivity index (χ1) is 12.1. The molecule has 0 saturated heterocycles. The second kappa shape index (κ2) is 8.41. The van der Waals surface area contributed by atoms with E-state index in [1.165, 1.54) is 27.4 Å². The number of benzene rings is 2. The van der Waals surface area contributed by atoms with E-state index < -0.39 is 5.91 Å². The Kier molecular flexibility index (Phi) is 6.02. The van der Waals surface area contributed by atoms with Crippen molar-refractivity contribution in [2.75, 3.05) is 26.6 Å². The molecule has 0 aromatic heterocycles. The molecule has 25 heavy (non-hydrogen) atoms. The van der Waals surface area contributed by atoms with Crippen LogP contribution in [0.15, 0.2) is 48.0 Å². The number of carbonyl (C=O) groups is 1. The van der Waals surface area contributed by atoms with E-state index in [2.05, 4.69) is 5.32 Å². The van der Waals surface area contributed by atoms with E-state index in [1.54, 1.807) is 36.4 Å². The Bertz CT molecular complexity index is 798. The molecule has 0 aliphatic rings.